The lowest BCUT2D eigenvalue weighted by molar-refractivity contribution is -0.142. The first-order valence-corrected chi connectivity index (χ1v) is 8.30. The third-order valence-electron chi connectivity index (χ3n) is 3.81. The van der Waals surface area contributed by atoms with E-state index in [-0.39, 0.29) is 12.3 Å². The molecule has 1 atom stereocenters. The molecule has 0 aliphatic heterocycles. The Morgan fingerprint density at radius 3 is 2.15 bits per heavy atom. The topological polar surface area (TPSA) is 84.9 Å². The number of halogens is 1. The minimum Gasteiger partial charge on any atom is -0.497 e. The number of rotatable bonds is 8. The number of hydrogen-bond donors (Lipinski definition) is 2. The van der Waals surface area contributed by atoms with E-state index in [9.17, 15) is 14.7 Å². The SMILES string of the molecule is COc1cc(CCC(=O)NC(C(=O)O)c2ccc(Cl)cc2)cc(OC)c1. The quantitative estimate of drug-likeness (QED) is 0.737. The van der Waals surface area contributed by atoms with E-state index in [1.54, 1.807) is 44.6 Å². The van der Waals surface area contributed by atoms with Crippen LogP contribution >= 0.6 is 11.6 Å². The zero-order valence-electron chi connectivity index (χ0n) is 14.5. The summed E-state index contributed by atoms with van der Waals surface area (Å²) in [4.78, 5) is 23.7. The van der Waals surface area contributed by atoms with Gasteiger partial charge in [0.15, 0.2) is 6.04 Å². The summed E-state index contributed by atoms with van der Waals surface area (Å²) in [6.45, 7) is 0. The molecule has 2 N–H and O–H groups in total. The van der Waals surface area contributed by atoms with Crippen LogP contribution in [-0.4, -0.2) is 31.2 Å². The van der Waals surface area contributed by atoms with Crippen molar-refractivity contribution in [1.29, 1.82) is 0 Å². The van der Waals surface area contributed by atoms with Crippen molar-refractivity contribution in [2.45, 2.75) is 18.9 Å². The van der Waals surface area contributed by atoms with Crippen molar-refractivity contribution in [2.24, 2.45) is 0 Å². The number of hydrogen-bond acceptors (Lipinski definition) is 4. The number of aliphatic carboxylic acids is 1. The standard InChI is InChI=1S/C19H20ClNO5/c1-25-15-9-12(10-16(11-15)26-2)3-8-17(22)21-18(19(23)24)13-4-6-14(20)7-5-13/h4-7,9-11,18H,3,8H2,1-2H3,(H,21,22)(H,23,24). The Morgan fingerprint density at radius 2 is 1.65 bits per heavy atom. The smallest absolute Gasteiger partial charge is 0.330 e. The number of nitrogens with one attached hydrogen (secondary N) is 1. The average molecular weight is 378 g/mol. The Morgan fingerprint density at radius 1 is 1.08 bits per heavy atom. The molecule has 26 heavy (non-hydrogen) atoms. The van der Waals surface area contributed by atoms with Crippen molar-refractivity contribution in [3.05, 3.63) is 58.6 Å². The Hall–Kier alpha value is -2.73. The normalized spacial score (nSPS) is 11.5. The number of aryl methyl sites for hydroxylation is 1. The maximum absolute atomic E-state index is 12.2. The number of carboxylic acids is 1. The molecule has 0 bridgehead atoms. The largest absolute Gasteiger partial charge is 0.497 e. The summed E-state index contributed by atoms with van der Waals surface area (Å²) in [6, 6.07) is 10.6. The van der Waals surface area contributed by atoms with E-state index < -0.39 is 12.0 Å². The fraction of sp³-hybridized carbons (Fsp3) is 0.263. The lowest BCUT2D eigenvalue weighted by Gasteiger charge is -2.15. The van der Waals surface area contributed by atoms with Crippen LogP contribution in [0.3, 0.4) is 0 Å². The second-order valence-corrected chi connectivity index (χ2v) is 6.05. The summed E-state index contributed by atoms with van der Waals surface area (Å²) in [6.07, 6.45) is 0.556. The van der Waals surface area contributed by atoms with Crippen molar-refractivity contribution >= 4 is 23.5 Å². The third kappa shape index (κ3) is 5.39. The van der Waals surface area contributed by atoms with Crippen LogP contribution in [0.25, 0.3) is 0 Å². The molecule has 7 heteroatoms. The molecular weight excluding hydrogens is 358 g/mol. The van der Waals surface area contributed by atoms with Gasteiger partial charge in [0.05, 0.1) is 14.2 Å². The first-order valence-electron chi connectivity index (χ1n) is 7.92. The van der Waals surface area contributed by atoms with Crippen molar-refractivity contribution in [3.63, 3.8) is 0 Å². The van der Waals surface area contributed by atoms with Gasteiger partial charge in [0.2, 0.25) is 5.91 Å². The van der Waals surface area contributed by atoms with E-state index in [1.807, 2.05) is 12.1 Å². The van der Waals surface area contributed by atoms with Gasteiger partial charge in [0.1, 0.15) is 11.5 Å². The van der Waals surface area contributed by atoms with Crippen LogP contribution < -0.4 is 14.8 Å². The molecule has 0 aliphatic rings. The second kappa shape index (κ2) is 9.10. The lowest BCUT2D eigenvalue weighted by Crippen LogP contribution is -2.33. The number of amides is 1. The minimum absolute atomic E-state index is 0.133. The van der Waals surface area contributed by atoms with Crippen LogP contribution in [0, 0.1) is 0 Å². The number of benzene rings is 2. The van der Waals surface area contributed by atoms with Gasteiger partial charge in [-0.1, -0.05) is 23.7 Å². The van der Waals surface area contributed by atoms with Gasteiger partial charge in [-0.15, -0.1) is 0 Å². The van der Waals surface area contributed by atoms with Gasteiger partial charge >= 0.3 is 5.97 Å². The van der Waals surface area contributed by atoms with E-state index in [0.29, 0.717) is 28.5 Å². The molecule has 1 unspecified atom stereocenters. The molecular formula is C19H20ClNO5. The van der Waals surface area contributed by atoms with Gasteiger partial charge < -0.3 is 19.9 Å². The monoisotopic (exact) mass is 377 g/mol. The van der Waals surface area contributed by atoms with E-state index in [4.69, 9.17) is 21.1 Å². The fourth-order valence-electron chi connectivity index (χ4n) is 2.44. The summed E-state index contributed by atoms with van der Waals surface area (Å²) in [5, 5.41) is 12.4. The third-order valence-corrected chi connectivity index (χ3v) is 4.06. The van der Waals surface area contributed by atoms with E-state index in [2.05, 4.69) is 5.32 Å². The van der Waals surface area contributed by atoms with Crippen LogP contribution in [0.2, 0.25) is 5.02 Å². The first-order chi connectivity index (χ1) is 12.4. The lowest BCUT2D eigenvalue weighted by atomic mass is 10.1. The fourth-order valence-corrected chi connectivity index (χ4v) is 2.57. The summed E-state index contributed by atoms with van der Waals surface area (Å²) < 4.78 is 10.4. The van der Waals surface area contributed by atoms with Crippen molar-refractivity contribution < 1.29 is 24.2 Å². The second-order valence-electron chi connectivity index (χ2n) is 5.61. The molecule has 1 amide bonds. The Labute approximate surface area is 156 Å². The molecule has 0 radical (unpaired) electrons. The van der Waals surface area contributed by atoms with Crippen molar-refractivity contribution in [3.8, 4) is 11.5 Å². The molecule has 0 spiro atoms. The van der Waals surface area contributed by atoms with Gasteiger partial charge in [-0.05, 0) is 41.8 Å². The number of carbonyl (C=O) groups excluding carboxylic acids is 1. The van der Waals surface area contributed by atoms with Crippen LogP contribution in [-0.2, 0) is 16.0 Å². The molecule has 0 fully saturated rings. The predicted octanol–water partition coefficient (Wildman–Crippen LogP) is 3.23. The summed E-state index contributed by atoms with van der Waals surface area (Å²) >= 11 is 5.81. The molecule has 0 aromatic heterocycles. The van der Waals surface area contributed by atoms with Crippen molar-refractivity contribution in [2.75, 3.05) is 14.2 Å². The maximum Gasteiger partial charge on any atom is 0.330 e. The Kier molecular flexibility index (Phi) is 6.86. The van der Waals surface area contributed by atoms with Crippen LogP contribution in [0.1, 0.15) is 23.6 Å². The highest BCUT2D eigenvalue weighted by molar-refractivity contribution is 6.30. The summed E-state index contributed by atoms with van der Waals surface area (Å²) in [7, 11) is 3.10. The highest BCUT2D eigenvalue weighted by atomic mass is 35.5. The van der Waals surface area contributed by atoms with Crippen LogP contribution in [0.4, 0.5) is 0 Å². The van der Waals surface area contributed by atoms with E-state index in [1.165, 1.54) is 0 Å². The molecule has 0 saturated carbocycles. The first kappa shape index (κ1) is 19.6. The van der Waals surface area contributed by atoms with E-state index >= 15 is 0 Å². The maximum atomic E-state index is 12.2. The van der Waals surface area contributed by atoms with Gasteiger partial charge in [0, 0.05) is 17.5 Å². The molecule has 2 aromatic carbocycles. The molecule has 0 heterocycles. The Bertz CT molecular complexity index is 754. The van der Waals surface area contributed by atoms with Crippen LogP contribution in [0.5, 0.6) is 11.5 Å². The molecule has 2 aromatic rings. The minimum atomic E-state index is -1.14. The van der Waals surface area contributed by atoms with Gasteiger partial charge in [-0.25, -0.2) is 4.79 Å². The van der Waals surface area contributed by atoms with Crippen LogP contribution in [0.15, 0.2) is 42.5 Å². The van der Waals surface area contributed by atoms with Gasteiger partial charge in [-0.2, -0.15) is 0 Å². The van der Waals surface area contributed by atoms with Gasteiger partial charge in [-0.3, -0.25) is 4.79 Å². The van der Waals surface area contributed by atoms with Crippen molar-refractivity contribution in [1.82, 2.24) is 5.32 Å². The molecule has 0 saturated heterocycles. The molecule has 138 valence electrons. The molecule has 2 rings (SSSR count). The highest BCUT2D eigenvalue weighted by Crippen LogP contribution is 2.23. The summed E-state index contributed by atoms with van der Waals surface area (Å²) in [5.41, 5.74) is 1.31. The molecule has 0 aliphatic carbocycles. The van der Waals surface area contributed by atoms with Gasteiger partial charge in [0.25, 0.3) is 0 Å². The number of ether oxygens (including phenoxy) is 2. The number of methoxy groups -OCH3 is 2. The molecule has 6 nitrogen and oxygen atoms in total. The zero-order valence-corrected chi connectivity index (χ0v) is 15.2. The summed E-state index contributed by atoms with van der Waals surface area (Å²) in [5.74, 6) is -0.244. The predicted molar refractivity (Wildman–Crippen MR) is 97.8 cm³/mol. The Balaban J connectivity index is 2.02. The van der Waals surface area contributed by atoms with E-state index in [0.717, 1.165) is 5.56 Å². The highest BCUT2D eigenvalue weighted by Gasteiger charge is 2.21. The number of carbonyl (C=O) groups is 2. The number of carboxylic acid groups (broad SMARTS) is 1. The average Bonchev–Trinajstić information content (AvgIpc) is 2.64. The zero-order chi connectivity index (χ0) is 19.1.